The van der Waals surface area contributed by atoms with E-state index in [1.807, 2.05) is 0 Å². The van der Waals surface area contributed by atoms with E-state index in [1.165, 1.54) is 12.3 Å². The second-order valence-electron chi connectivity index (χ2n) is 3.72. The number of rotatable bonds is 3. The van der Waals surface area contributed by atoms with Crippen LogP contribution in [0.15, 0.2) is 33.1 Å². The summed E-state index contributed by atoms with van der Waals surface area (Å²) in [6.45, 7) is 1.81. The van der Waals surface area contributed by atoms with Gasteiger partial charge in [-0.15, -0.1) is 0 Å². The minimum absolute atomic E-state index is 0.0904. The molecule has 2 rings (SSSR count). The van der Waals surface area contributed by atoms with E-state index in [4.69, 9.17) is 10.2 Å². The summed E-state index contributed by atoms with van der Waals surface area (Å²) in [4.78, 5) is 7.58. The summed E-state index contributed by atoms with van der Waals surface area (Å²) >= 11 is 0.921. The number of nitrogens with two attached hydrogens (primary N) is 1. The van der Waals surface area contributed by atoms with Crippen molar-refractivity contribution in [2.75, 3.05) is 0 Å². The smallest absolute Gasteiger partial charge is 0.433 e. The third kappa shape index (κ3) is 3.27. The molecule has 2 aromatic rings. The Kier molecular flexibility index (Phi) is 3.81. The predicted octanol–water partition coefficient (Wildman–Crippen LogP) is 3.01. The summed E-state index contributed by atoms with van der Waals surface area (Å²) in [5.41, 5.74) is 5.67. The normalized spacial score (nSPS) is 11.8. The van der Waals surface area contributed by atoms with E-state index in [9.17, 15) is 13.2 Å². The SMILES string of the molecule is Cc1coc(Sc2nc(C(F)(F)F)ccc2CN)n1. The molecule has 2 heterocycles. The fourth-order valence-electron chi connectivity index (χ4n) is 1.33. The van der Waals surface area contributed by atoms with Crippen LogP contribution in [-0.2, 0) is 12.7 Å². The second-order valence-corrected chi connectivity index (χ2v) is 4.66. The minimum atomic E-state index is -4.49. The number of aryl methyl sites for hydroxylation is 1. The Morgan fingerprint density at radius 2 is 2.05 bits per heavy atom. The first kappa shape index (κ1) is 13.9. The lowest BCUT2D eigenvalue weighted by Crippen LogP contribution is -2.10. The third-order valence-corrected chi connectivity index (χ3v) is 3.14. The van der Waals surface area contributed by atoms with Gasteiger partial charge in [0, 0.05) is 6.54 Å². The molecule has 4 nitrogen and oxygen atoms in total. The van der Waals surface area contributed by atoms with Gasteiger partial charge in [0.15, 0.2) is 0 Å². The average Bonchev–Trinajstić information content (AvgIpc) is 2.73. The van der Waals surface area contributed by atoms with Crippen molar-refractivity contribution < 1.29 is 17.6 Å². The fraction of sp³-hybridized carbons (Fsp3) is 0.273. The molecule has 0 aliphatic rings. The first-order valence-electron chi connectivity index (χ1n) is 5.27. The molecule has 0 spiro atoms. The Morgan fingerprint density at radius 3 is 2.58 bits per heavy atom. The summed E-state index contributed by atoms with van der Waals surface area (Å²) in [6.07, 6.45) is -3.08. The topological polar surface area (TPSA) is 64.9 Å². The van der Waals surface area contributed by atoms with Crippen LogP contribution in [0, 0.1) is 6.92 Å². The van der Waals surface area contributed by atoms with Gasteiger partial charge in [0.25, 0.3) is 5.22 Å². The highest BCUT2D eigenvalue weighted by atomic mass is 32.2. The van der Waals surface area contributed by atoms with Crippen molar-refractivity contribution in [1.82, 2.24) is 9.97 Å². The molecule has 0 bridgehead atoms. The Bertz CT molecular complexity index is 583. The van der Waals surface area contributed by atoms with Gasteiger partial charge in [-0.05, 0) is 30.3 Å². The van der Waals surface area contributed by atoms with Crippen LogP contribution in [0.5, 0.6) is 0 Å². The molecule has 0 aliphatic heterocycles. The highest BCUT2D eigenvalue weighted by Gasteiger charge is 2.33. The molecule has 2 N–H and O–H groups in total. The van der Waals surface area contributed by atoms with Crippen molar-refractivity contribution in [3.05, 3.63) is 35.3 Å². The number of hydrogen-bond acceptors (Lipinski definition) is 5. The van der Waals surface area contributed by atoms with Gasteiger partial charge in [0.2, 0.25) is 0 Å². The summed E-state index contributed by atoms with van der Waals surface area (Å²) < 4.78 is 42.9. The van der Waals surface area contributed by atoms with Gasteiger partial charge in [0.05, 0.1) is 5.69 Å². The number of aromatic nitrogens is 2. The largest absolute Gasteiger partial charge is 0.439 e. The molecule has 102 valence electrons. The zero-order valence-electron chi connectivity index (χ0n) is 9.86. The average molecular weight is 289 g/mol. The highest BCUT2D eigenvalue weighted by molar-refractivity contribution is 7.99. The van der Waals surface area contributed by atoms with Crippen LogP contribution in [0.25, 0.3) is 0 Å². The third-order valence-electron chi connectivity index (χ3n) is 2.23. The molecule has 0 unspecified atom stereocenters. The molecule has 8 heteroatoms. The van der Waals surface area contributed by atoms with E-state index >= 15 is 0 Å². The number of oxazole rings is 1. The first-order chi connectivity index (χ1) is 8.90. The molecule has 0 saturated heterocycles. The molecule has 0 aliphatic carbocycles. The monoisotopic (exact) mass is 289 g/mol. The summed E-state index contributed by atoms with van der Waals surface area (Å²) in [7, 11) is 0. The van der Waals surface area contributed by atoms with Gasteiger partial charge in [-0.25, -0.2) is 9.97 Å². The number of hydrogen-bond donors (Lipinski definition) is 1. The van der Waals surface area contributed by atoms with E-state index in [1.54, 1.807) is 6.92 Å². The van der Waals surface area contributed by atoms with Gasteiger partial charge in [0.1, 0.15) is 17.0 Å². The van der Waals surface area contributed by atoms with Crippen LogP contribution < -0.4 is 5.73 Å². The van der Waals surface area contributed by atoms with Crippen LogP contribution in [0.4, 0.5) is 13.2 Å². The highest BCUT2D eigenvalue weighted by Crippen LogP contribution is 2.33. The maximum Gasteiger partial charge on any atom is 0.433 e. The van der Waals surface area contributed by atoms with Crippen molar-refractivity contribution in [3.63, 3.8) is 0 Å². The Hall–Kier alpha value is -1.54. The van der Waals surface area contributed by atoms with E-state index in [-0.39, 0.29) is 16.8 Å². The molecule has 0 saturated carbocycles. The number of pyridine rings is 1. The summed E-state index contributed by atoms with van der Waals surface area (Å²) in [6, 6.07) is 2.22. The quantitative estimate of drug-likeness (QED) is 0.941. The lowest BCUT2D eigenvalue weighted by atomic mass is 10.2. The van der Waals surface area contributed by atoms with Crippen LogP contribution in [0.3, 0.4) is 0 Å². The van der Waals surface area contributed by atoms with Crippen molar-refractivity contribution >= 4 is 11.8 Å². The number of halogens is 3. The van der Waals surface area contributed by atoms with Crippen molar-refractivity contribution in [2.24, 2.45) is 5.73 Å². The van der Waals surface area contributed by atoms with Gasteiger partial charge in [-0.1, -0.05) is 6.07 Å². The lowest BCUT2D eigenvalue weighted by molar-refractivity contribution is -0.141. The molecular weight excluding hydrogens is 279 g/mol. The molecule has 2 aromatic heterocycles. The van der Waals surface area contributed by atoms with Gasteiger partial charge < -0.3 is 10.2 Å². The van der Waals surface area contributed by atoms with Gasteiger partial charge >= 0.3 is 6.18 Å². The zero-order valence-corrected chi connectivity index (χ0v) is 10.7. The van der Waals surface area contributed by atoms with Crippen molar-refractivity contribution in [2.45, 2.75) is 29.9 Å². The van der Waals surface area contributed by atoms with Crippen LogP contribution >= 0.6 is 11.8 Å². The Balaban J connectivity index is 2.36. The summed E-state index contributed by atoms with van der Waals surface area (Å²) in [5, 5.41) is 0.387. The van der Waals surface area contributed by atoms with E-state index in [0.717, 1.165) is 17.8 Å². The molecule has 0 amide bonds. The maximum absolute atomic E-state index is 12.6. The lowest BCUT2D eigenvalue weighted by Gasteiger charge is -2.09. The van der Waals surface area contributed by atoms with E-state index in [2.05, 4.69) is 9.97 Å². The minimum Gasteiger partial charge on any atom is -0.439 e. The molecule has 0 fully saturated rings. The standard InChI is InChI=1S/C11H10F3N3OS/c1-6-5-18-10(16-6)19-9-7(4-15)2-3-8(17-9)11(12,13)14/h2-3,5H,4,15H2,1H3. The summed E-state index contributed by atoms with van der Waals surface area (Å²) in [5.74, 6) is 0. The van der Waals surface area contributed by atoms with Gasteiger partial charge in [-0.3, -0.25) is 0 Å². The van der Waals surface area contributed by atoms with Crippen molar-refractivity contribution in [3.8, 4) is 0 Å². The van der Waals surface area contributed by atoms with E-state index in [0.29, 0.717) is 11.3 Å². The van der Waals surface area contributed by atoms with Crippen LogP contribution in [0.1, 0.15) is 17.0 Å². The zero-order chi connectivity index (χ0) is 14.0. The van der Waals surface area contributed by atoms with Crippen molar-refractivity contribution in [1.29, 1.82) is 0 Å². The van der Waals surface area contributed by atoms with Gasteiger partial charge in [-0.2, -0.15) is 13.2 Å². The molecule has 0 aromatic carbocycles. The Morgan fingerprint density at radius 1 is 1.32 bits per heavy atom. The Labute approximate surface area is 111 Å². The molecule has 0 radical (unpaired) electrons. The fourth-order valence-corrected chi connectivity index (χ4v) is 2.21. The number of nitrogens with zero attached hydrogens (tertiary/aromatic N) is 2. The van der Waals surface area contributed by atoms with E-state index < -0.39 is 11.9 Å². The molecular formula is C11H10F3N3OS. The molecule has 0 atom stereocenters. The maximum atomic E-state index is 12.6. The number of alkyl halides is 3. The van der Waals surface area contributed by atoms with Crippen LogP contribution in [0.2, 0.25) is 0 Å². The predicted molar refractivity (Wildman–Crippen MR) is 62.5 cm³/mol. The molecule has 19 heavy (non-hydrogen) atoms. The van der Waals surface area contributed by atoms with Crippen LogP contribution in [-0.4, -0.2) is 9.97 Å². The first-order valence-corrected chi connectivity index (χ1v) is 6.09. The second kappa shape index (κ2) is 5.22.